The molecule has 0 saturated heterocycles. The van der Waals surface area contributed by atoms with Gasteiger partial charge in [0.25, 0.3) is 5.91 Å². The zero-order valence-corrected chi connectivity index (χ0v) is 12.9. The number of nitrogens with zero attached hydrogens (tertiary/aromatic N) is 2. The van der Waals surface area contributed by atoms with E-state index in [4.69, 9.17) is 28.2 Å². The summed E-state index contributed by atoms with van der Waals surface area (Å²) >= 11 is 5.69. The lowest BCUT2D eigenvalue weighted by atomic mass is 10.2. The predicted octanol–water partition coefficient (Wildman–Crippen LogP) is 0.919. The van der Waals surface area contributed by atoms with Crippen molar-refractivity contribution in [3.8, 4) is 5.88 Å². The van der Waals surface area contributed by atoms with Crippen LogP contribution in [0.5, 0.6) is 5.88 Å². The lowest BCUT2D eigenvalue weighted by Gasteiger charge is -2.20. The molecule has 1 amide bonds. The van der Waals surface area contributed by atoms with Crippen LogP contribution in [0.15, 0.2) is 23.7 Å². The lowest BCUT2D eigenvalue weighted by Crippen LogP contribution is -2.33. The number of rotatable bonds is 5. The Morgan fingerprint density at radius 1 is 1.64 bits per heavy atom. The van der Waals surface area contributed by atoms with Gasteiger partial charge in [0, 0.05) is 31.6 Å². The number of aromatic nitrogens is 1. The molecule has 0 aliphatic carbocycles. The standard InChI is InChI=1S/C13H17ClN6O2/c1-7(16)20(2)11(17)9(4-15)6-18-12(21)8-3-10(14)13(22)19-5-8/h3-5,15-16H,6,17H2,1-2H3,(H,18,21)(H,19,22)/b11-9-,15-4?,16-7?. The Hall–Kier alpha value is -2.61. The van der Waals surface area contributed by atoms with Crippen molar-refractivity contribution in [1.82, 2.24) is 15.2 Å². The Morgan fingerprint density at radius 3 is 2.77 bits per heavy atom. The van der Waals surface area contributed by atoms with E-state index in [1.807, 2.05) is 0 Å². The van der Waals surface area contributed by atoms with Gasteiger partial charge in [0.2, 0.25) is 5.88 Å². The molecule has 22 heavy (non-hydrogen) atoms. The molecule has 0 aromatic carbocycles. The number of amides is 1. The highest BCUT2D eigenvalue weighted by Gasteiger charge is 2.12. The summed E-state index contributed by atoms with van der Waals surface area (Å²) in [5.74, 6) is -0.427. The van der Waals surface area contributed by atoms with Gasteiger partial charge in [0.1, 0.15) is 10.8 Å². The Balaban J connectivity index is 2.84. The Kier molecular flexibility index (Phi) is 5.88. The molecule has 0 atom stereocenters. The highest BCUT2D eigenvalue weighted by atomic mass is 35.5. The maximum absolute atomic E-state index is 12.0. The second-order valence-electron chi connectivity index (χ2n) is 4.41. The van der Waals surface area contributed by atoms with Gasteiger partial charge in [0.05, 0.1) is 11.4 Å². The minimum Gasteiger partial charge on any atom is -0.492 e. The van der Waals surface area contributed by atoms with Crippen LogP contribution in [0.4, 0.5) is 0 Å². The van der Waals surface area contributed by atoms with Gasteiger partial charge in [-0.2, -0.15) is 0 Å². The summed E-state index contributed by atoms with van der Waals surface area (Å²) < 4.78 is 0. The number of carbonyl (C=O) groups is 1. The molecule has 0 unspecified atom stereocenters. The molecule has 6 N–H and O–H groups in total. The fourth-order valence-electron chi connectivity index (χ4n) is 1.44. The number of nitrogens with one attached hydrogen (secondary N) is 3. The summed E-state index contributed by atoms with van der Waals surface area (Å²) in [6.07, 6.45) is 2.19. The van der Waals surface area contributed by atoms with Gasteiger partial charge in [-0.15, -0.1) is 0 Å². The first-order valence-electron chi connectivity index (χ1n) is 6.18. The number of amidine groups is 1. The molecule has 0 spiro atoms. The highest BCUT2D eigenvalue weighted by Crippen LogP contribution is 2.20. The van der Waals surface area contributed by atoms with Crippen LogP contribution in [-0.4, -0.2) is 46.5 Å². The quantitative estimate of drug-likeness (QED) is 0.405. The molecule has 0 radical (unpaired) electrons. The van der Waals surface area contributed by atoms with E-state index in [1.54, 1.807) is 14.0 Å². The summed E-state index contributed by atoms with van der Waals surface area (Å²) in [5, 5.41) is 26.6. The third-order valence-electron chi connectivity index (χ3n) is 2.89. The smallest absolute Gasteiger partial charge is 0.253 e. The normalized spacial score (nSPS) is 11.4. The van der Waals surface area contributed by atoms with E-state index < -0.39 is 5.91 Å². The molecule has 0 fully saturated rings. The van der Waals surface area contributed by atoms with Crippen LogP contribution in [0.25, 0.3) is 0 Å². The first kappa shape index (κ1) is 17.4. The third-order valence-corrected chi connectivity index (χ3v) is 3.17. The minimum absolute atomic E-state index is 0.00425. The Labute approximate surface area is 132 Å². The number of aromatic hydroxyl groups is 1. The maximum Gasteiger partial charge on any atom is 0.253 e. The van der Waals surface area contributed by atoms with E-state index in [0.717, 1.165) is 6.21 Å². The molecule has 0 aliphatic rings. The topological polar surface area (TPSA) is 139 Å². The van der Waals surface area contributed by atoms with Gasteiger partial charge in [-0.05, 0) is 13.0 Å². The second kappa shape index (κ2) is 7.41. The fraction of sp³-hybridized carbons (Fsp3) is 0.231. The van der Waals surface area contributed by atoms with Crippen LogP contribution in [0.3, 0.4) is 0 Å². The van der Waals surface area contributed by atoms with Crippen molar-refractivity contribution < 1.29 is 9.90 Å². The molecule has 118 valence electrons. The van der Waals surface area contributed by atoms with Crippen molar-refractivity contribution in [3.05, 3.63) is 34.2 Å². The molecular formula is C13H17ClN6O2. The SMILES string of the molecule is CC(=N)N(C)/C(N)=C(/C=N)CNC(=O)c1cnc(O)c(Cl)c1. The van der Waals surface area contributed by atoms with Crippen LogP contribution in [0.1, 0.15) is 17.3 Å². The summed E-state index contributed by atoms with van der Waals surface area (Å²) in [6.45, 7) is 1.56. The van der Waals surface area contributed by atoms with Crippen LogP contribution in [0, 0.1) is 10.8 Å². The average molecular weight is 325 g/mol. The van der Waals surface area contributed by atoms with Gasteiger partial charge in [-0.25, -0.2) is 4.98 Å². The lowest BCUT2D eigenvalue weighted by molar-refractivity contribution is 0.0957. The highest BCUT2D eigenvalue weighted by molar-refractivity contribution is 6.32. The number of halogens is 1. The summed E-state index contributed by atoms with van der Waals surface area (Å²) in [5.41, 5.74) is 6.35. The van der Waals surface area contributed by atoms with Crippen molar-refractivity contribution in [2.24, 2.45) is 5.73 Å². The third kappa shape index (κ3) is 4.19. The number of nitrogens with two attached hydrogens (primary N) is 1. The van der Waals surface area contributed by atoms with Crippen molar-refractivity contribution in [1.29, 1.82) is 10.8 Å². The molecule has 9 heteroatoms. The zero-order chi connectivity index (χ0) is 16.9. The second-order valence-corrected chi connectivity index (χ2v) is 4.82. The average Bonchev–Trinajstić information content (AvgIpc) is 2.49. The van der Waals surface area contributed by atoms with E-state index >= 15 is 0 Å². The van der Waals surface area contributed by atoms with Crippen molar-refractivity contribution in [2.45, 2.75) is 6.92 Å². The monoisotopic (exact) mass is 324 g/mol. The molecule has 0 saturated carbocycles. The number of hydrogen-bond acceptors (Lipinski definition) is 6. The van der Waals surface area contributed by atoms with Crippen molar-refractivity contribution >= 4 is 29.6 Å². The first-order valence-corrected chi connectivity index (χ1v) is 6.56. The summed E-state index contributed by atoms with van der Waals surface area (Å²) in [7, 11) is 1.59. The molecule has 1 heterocycles. The van der Waals surface area contributed by atoms with Gasteiger partial charge < -0.3 is 26.5 Å². The van der Waals surface area contributed by atoms with Crippen LogP contribution < -0.4 is 11.1 Å². The largest absolute Gasteiger partial charge is 0.492 e. The van der Waals surface area contributed by atoms with E-state index in [2.05, 4.69) is 10.3 Å². The molecule has 1 rings (SSSR count). The molecule has 1 aromatic heterocycles. The minimum atomic E-state index is -0.476. The number of hydrogen-bond donors (Lipinski definition) is 5. The van der Waals surface area contributed by atoms with Gasteiger partial charge in [-0.3, -0.25) is 10.2 Å². The van der Waals surface area contributed by atoms with Crippen molar-refractivity contribution in [2.75, 3.05) is 13.6 Å². The number of carbonyl (C=O) groups excluding carboxylic acids is 1. The van der Waals surface area contributed by atoms with Gasteiger partial charge in [-0.1, -0.05) is 11.6 Å². The summed E-state index contributed by atoms with van der Waals surface area (Å²) in [6, 6.07) is 1.28. The molecule has 1 aromatic rings. The molecular weight excluding hydrogens is 308 g/mol. The molecule has 0 aliphatic heterocycles. The number of pyridine rings is 1. The van der Waals surface area contributed by atoms with Crippen LogP contribution in [0.2, 0.25) is 5.02 Å². The van der Waals surface area contributed by atoms with E-state index in [0.29, 0.717) is 5.57 Å². The van der Waals surface area contributed by atoms with Gasteiger partial charge in [0.15, 0.2) is 0 Å². The zero-order valence-electron chi connectivity index (χ0n) is 12.1. The van der Waals surface area contributed by atoms with E-state index in [-0.39, 0.29) is 34.7 Å². The molecule has 0 bridgehead atoms. The van der Waals surface area contributed by atoms with Gasteiger partial charge >= 0.3 is 0 Å². The van der Waals surface area contributed by atoms with Crippen molar-refractivity contribution in [3.63, 3.8) is 0 Å². The Morgan fingerprint density at radius 2 is 2.27 bits per heavy atom. The van der Waals surface area contributed by atoms with Crippen LogP contribution >= 0.6 is 11.6 Å². The fourth-order valence-corrected chi connectivity index (χ4v) is 1.61. The van der Waals surface area contributed by atoms with Crippen LogP contribution in [-0.2, 0) is 0 Å². The maximum atomic E-state index is 12.0. The predicted molar refractivity (Wildman–Crippen MR) is 84.4 cm³/mol. The van der Waals surface area contributed by atoms with E-state index in [1.165, 1.54) is 17.2 Å². The summed E-state index contributed by atoms with van der Waals surface area (Å²) in [4.78, 5) is 16.9. The van der Waals surface area contributed by atoms with E-state index in [9.17, 15) is 9.90 Å². The first-order chi connectivity index (χ1) is 10.3. The Bertz CT molecular complexity index is 643. The molecule has 8 nitrogen and oxygen atoms in total.